The van der Waals surface area contributed by atoms with E-state index in [1.807, 2.05) is 36.4 Å². The van der Waals surface area contributed by atoms with Gasteiger partial charge in [-0.3, -0.25) is 4.79 Å². The summed E-state index contributed by atoms with van der Waals surface area (Å²) < 4.78 is 5.08. The smallest absolute Gasteiger partial charge is 0.345 e. The number of hydrogen-bond acceptors (Lipinski definition) is 3. The molecule has 0 aliphatic carbocycles. The Hall–Kier alpha value is -2.62. The molecule has 2 aromatic rings. The molecule has 0 heterocycles. The van der Waals surface area contributed by atoms with Gasteiger partial charge in [0.2, 0.25) is 6.10 Å². The van der Waals surface area contributed by atoms with Crippen molar-refractivity contribution >= 4 is 11.9 Å². The first-order valence-corrected chi connectivity index (χ1v) is 6.65. The van der Waals surface area contributed by atoms with Crippen LogP contribution in [-0.4, -0.2) is 23.1 Å². The summed E-state index contributed by atoms with van der Waals surface area (Å²) in [5, 5.41) is 9.17. The van der Waals surface area contributed by atoms with E-state index in [0.717, 1.165) is 11.1 Å². The van der Waals surface area contributed by atoms with Crippen LogP contribution >= 0.6 is 0 Å². The third-order valence-electron chi connectivity index (χ3n) is 3.00. The van der Waals surface area contributed by atoms with Crippen LogP contribution in [0.5, 0.6) is 0 Å². The number of aliphatic carboxylic acids is 1. The summed E-state index contributed by atoms with van der Waals surface area (Å²) in [6.45, 7) is 0. The van der Waals surface area contributed by atoms with Crippen LogP contribution in [-0.2, 0) is 27.2 Å². The van der Waals surface area contributed by atoms with Crippen LogP contribution in [0.2, 0.25) is 0 Å². The van der Waals surface area contributed by atoms with Gasteiger partial charge in [0.15, 0.2) is 0 Å². The minimum Gasteiger partial charge on any atom is -0.478 e. The number of carbonyl (C=O) groups is 2. The van der Waals surface area contributed by atoms with Crippen molar-refractivity contribution in [3.63, 3.8) is 0 Å². The van der Waals surface area contributed by atoms with Crippen LogP contribution in [0.15, 0.2) is 60.7 Å². The zero-order valence-electron chi connectivity index (χ0n) is 11.4. The van der Waals surface area contributed by atoms with Crippen molar-refractivity contribution < 1.29 is 19.4 Å². The second kappa shape index (κ2) is 7.24. The van der Waals surface area contributed by atoms with Gasteiger partial charge < -0.3 is 9.84 Å². The number of ether oxygens (including phenoxy) is 1. The normalized spacial score (nSPS) is 11.6. The molecule has 2 aromatic carbocycles. The molecule has 21 heavy (non-hydrogen) atoms. The molecule has 0 fully saturated rings. The molecule has 4 nitrogen and oxygen atoms in total. The van der Waals surface area contributed by atoms with Crippen LogP contribution in [0.4, 0.5) is 0 Å². The Bertz CT molecular complexity index is 593. The summed E-state index contributed by atoms with van der Waals surface area (Å²) in [6.07, 6.45) is -0.931. The number of esters is 1. The Labute approximate surface area is 123 Å². The summed E-state index contributed by atoms with van der Waals surface area (Å²) in [7, 11) is 0. The fraction of sp³-hybridized carbons (Fsp3) is 0.176. The third-order valence-corrected chi connectivity index (χ3v) is 3.00. The van der Waals surface area contributed by atoms with E-state index in [1.54, 1.807) is 24.3 Å². The van der Waals surface area contributed by atoms with Gasteiger partial charge in [-0.1, -0.05) is 60.7 Å². The van der Waals surface area contributed by atoms with Crippen molar-refractivity contribution in [2.45, 2.75) is 18.9 Å². The Balaban J connectivity index is 1.96. The summed E-state index contributed by atoms with van der Waals surface area (Å²) in [5.74, 6) is -1.68. The van der Waals surface area contributed by atoms with Gasteiger partial charge in [-0.25, -0.2) is 4.79 Å². The maximum absolute atomic E-state index is 11.8. The Morgan fingerprint density at radius 3 is 1.95 bits per heavy atom. The van der Waals surface area contributed by atoms with Crippen molar-refractivity contribution in [2.75, 3.05) is 0 Å². The van der Waals surface area contributed by atoms with Crippen molar-refractivity contribution in [2.24, 2.45) is 0 Å². The average Bonchev–Trinajstić information content (AvgIpc) is 2.48. The molecular weight excluding hydrogens is 268 g/mol. The van der Waals surface area contributed by atoms with E-state index in [9.17, 15) is 14.7 Å². The van der Waals surface area contributed by atoms with Crippen LogP contribution in [0, 0.1) is 0 Å². The standard InChI is InChI=1S/C17H16O4/c18-16(12-14-9-5-2-6-10-14)21-15(17(19)20)11-13-7-3-1-4-8-13/h1-10,15H,11-12H2,(H,19,20). The number of carboxylic acids is 1. The molecule has 1 N–H and O–H groups in total. The fourth-order valence-electron chi connectivity index (χ4n) is 1.97. The summed E-state index contributed by atoms with van der Waals surface area (Å²) >= 11 is 0. The van der Waals surface area contributed by atoms with E-state index in [1.165, 1.54) is 0 Å². The lowest BCUT2D eigenvalue weighted by atomic mass is 10.1. The highest BCUT2D eigenvalue weighted by Gasteiger charge is 2.22. The summed E-state index contributed by atoms with van der Waals surface area (Å²) in [5.41, 5.74) is 1.61. The van der Waals surface area contributed by atoms with E-state index in [2.05, 4.69) is 0 Å². The molecule has 0 aromatic heterocycles. The second-order valence-corrected chi connectivity index (χ2v) is 4.67. The van der Waals surface area contributed by atoms with Crippen molar-refractivity contribution in [3.05, 3.63) is 71.8 Å². The van der Waals surface area contributed by atoms with Crippen LogP contribution in [0.25, 0.3) is 0 Å². The molecule has 0 aliphatic rings. The topological polar surface area (TPSA) is 63.6 Å². The number of carboxylic acid groups (broad SMARTS) is 1. The quantitative estimate of drug-likeness (QED) is 0.828. The third kappa shape index (κ3) is 4.76. The number of hydrogen-bond donors (Lipinski definition) is 1. The molecule has 1 atom stereocenters. The molecule has 0 saturated heterocycles. The first-order chi connectivity index (χ1) is 10.1. The van der Waals surface area contributed by atoms with Crippen molar-refractivity contribution in [3.8, 4) is 0 Å². The van der Waals surface area contributed by atoms with Crippen LogP contribution in [0.1, 0.15) is 11.1 Å². The lowest BCUT2D eigenvalue weighted by Gasteiger charge is -2.14. The van der Waals surface area contributed by atoms with Gasteiger partial charge >= 0.3 is 11.9 Å². The lowest BCUT2D eigenvalue weighted by molar-refractivity contribution is -0.163. The molecule has 0 radical (unpaired) electrons. The number of rotatable bonds is 6. The highest BCUT2D eigenvalue weighted by atomic mass is 16.6. The molecule has 0 spiro atoms. The van der Waals surface area contributed by atoms with E-state index in [0.29, 0.717) is 0 Å². The second-order valence-electron chi connectivity index (χ2n) is 4.67. The van der Waals surface area contributed by atoms with E-state index < -0.39 is 18.0 Å². The Morgan fingerprint density at radius 1 is 0.905 bits per heavy atom. The zero-order chi connectivity index (χ0) is 15.1. The highest BCUT2D eigenvalue weighted by molar-refractivity contribution is 5.79. The summed E-state index contributed by atoms with van der Waals surface area (Å²) in [6, 6.07) is 18.2. The molecule has 1 unspecified atom stereocenters. The SMILES string of the molecule is O=C(Cc1ccccc1)OC(Cc1ccccc1)C(=O)O. The monoisotopic (exact) mass is 284 g/mol. The fourth-order valence-corrected chi connectivity index (χ4v) is 1.97. The average molecular weight is 284 g/mol. The minimum atomic E-state index is -1.16. The first kappa shape index (κ1) is 14.8. The Morgan fingerprint density at radius 2 is 1.43 bits per heavy atom. The van der Waals surface area contributed by atoms with E-state index in [4.69, 9.17) is 4.74 Å². The number of carbonyl (C=O) groups excluding carboxylic acids is 1. The molecule has 4 heteroatoms. The van der Waals surface area contributed by atoms with Crippen LogP contribution in [0.3, 0.4) is 0 Å². The predicted molar refractivity (Wildman–Crippen MR) is 77.8 cm³/mol. The van der Waals surface area contributed by atoms with Gasteiger partial charge in [-0.05, 0) is 11.1 Å². The van der Waals surface area contributed by atoms with Gasteiger partial charge in [-0.15, -0.1) is 0 Å². The van der Waals surface area contributed by atoms with Gasteiger partial charge in [0.1, 0.15) is 0 Å². The van der Waals surface area contributed by atoms with Crippen molar-refractivity contribution in [1.29, 1.82) is 0 Å². The van der Waals surface area contributed by atoms with Crippen LogP contribution < -0.4 is 0 Å². The predicted octanol–water partition coefficient (Wildman–Crippen LogP) is 2.47. The molecule has 2 rings (SSSR count). The van der Waals surface area contributed by atoms with Crippen molar-refractivity contribution in [1.82, 2.24) is 0 Å². The van der Waals surface area contributed by atoms with E-state index >= 15 is 0 Å². The van der Waals surface area contributed by atoms with Gasteiger partial charge in [0.05, 0.1) is 6.42 Å². The maximum Gasteiger partial charge on any atom is 0.345 e. The van der Waals surface area contributed by atoms with Gasteiger partial charge in [0, 0.05) is 6.42 Å². The molecule has 0 bridgehead atoms. The largest absolute Gasteiger partial charge is 0.478 e. The lowest BCUT2D eigenvalue weighted by Crippen LogP contribution is -2.29. The Kier molecular flexibility index (Phi) is 5.10. The zero-order valence-corrected chi connectivity index (χ0v) is 11.4. The molecule has 108 valence electrons. The van der Waals surface area contributed by atoms with E-state index in [-0.39, 0.29) is 12.8 Å². The number of benzene rings is 2. The maximum atomic E-state index is 11.8. The molecular formula is C17H16O4. The van der Waals surface area contributed by atoms with Gasteiger partial charge in [-0.2, -0.15) is 0 Å². The highest BCUT2D eigenvalue weighted by Crippen LogP contribution is 2.09. The van der Waals surface area contributed by atoms with Gasteiger partial charge in [0.25, 0.3) is 0 Å². The molecule has 0 saturated carbocycles. The minimum absolute atomic E-state index is 0.0689. The summed E-state index contributed by atoms with van der Waals surface area (Å²) in [4.78, 5) is 23.0. The molecule has 0 amide bonds. The molecule has 0 aliphatic heterocycles. The first-order valence-electron chi connectivity index (χ1n) is 6.65.